The van der Waals surface area contributed by atoms with Gasteiger partial charge in [0.05, 0.1) is 24.4 Å². The molecule has 0 aliphatic heterocycles. The molecule has 1 aromatic heterocycles. The number of aromatic nitrogens is 2. The molecule has 0 fully saturated rings. The molecule has 0 bridgehead atoms. The molecule has 0 saturated carbocycles. The molecule has 2 amide bonds. The molecule has 0 saturated heterocycles. The van der Waals surface area contributed by atoms with Crippen LogP contribution in [-0.2, 0) is 20.7 Å². The summed E-state index contributed by atoms with van der Waals surface area (Å²) < 4.78 is 4.91. The highest BCUT2D eigenvalue weighted by Gasteiger charge is 2.14. The second kappa shape index (κ2) is 9.84. The third-order valence-electron chi connectivity index (χ3n) is 4.19. The maximum atomic E-state index is 12.2. The number of rotatable bonds is 8. The lowest BCUT2D eigenvalue weighted by atomic mass is 10.1. The lowest BCUT2D eigenvalue weighted by molar-refractivity contribution is -0.147. The van der Waals surface area contributed by atoms with Crippen molar-refractivity contribution in [3.8, 4) is 6.07 Å². The van der Waals surface area contributed by atoms with Gasteiger partial charge in [-0.25, -0.2) is 0 Å². The number of carbonyl (C=O) groups is 3. The summed E-state index contributed by atoms with van der Waals surface area (Å²) in [6.07, 6.45) is 0.211. The largest absolute Gasteiger partial charge is 0.456 e. The molecule has 1 heterocycles. The van der Waals surface area contributed by atoms with Gasteiger partial charge >= 0.3 is 5.97 Å². The zero-order valence-electron chi connectivity index (χ0n) is 16.0. The van der Waals surface area contributed by atoms with Gasteiger partial charge in [0, 0.05) is 17.6 Å². The Bertz CT molecular complexity index is 1100. The zero-order valence-corrected chi connectivity index (χ0v) is 16.0. The Balaban J connectivity index is 1.38. The Morgan fingerprint density at radius 1 is 1.10 bits per heavy atom. The van der Waals surface area contributed by atoms with Crippen molar-refractivity contribution in [3.63, 3.8) is 0 Å². The Kier molecular flexibility index (Phi) is 6.74. The summed E-state index contributed by atoms with van der Waals surface area (Å²) in [4.78, 5) is 35.9. The first-order valence-electron chi connectivity index (χ1n) is 9.19. The maximum absolute atomic E-state index is 12.2. The van der Waals surface area contributed by atoms with E-state index in [9.17, 15) is 14.4 Å². The molecule has 3 rings (SSSR count). The first kappa shape index (κ1) is 20.5. The number of aromatic amines is 1. The summed E-state index contributed by atoms with van der Waals surface area (Å²) in [5.74, 6) is -1.50. The van der Waals surface area contributed by atoms with Gasteiger partial charge < -0.3 is 15.4 Å². The maximum Gasteiger partial charge on any atom is 0.308 e. The Labute approximate surface area is 172 Å². The highest BCUT2D eigenvalue weighted by Crippen LogP contribution is 2.14. The van der Waals surface area contributed by atoms with Crippen LogP contribution in [0.1, 0.15) is 22.5 Å². The number of amides is 2. The van der Waals surface area contributed by atoms with Crippen molar-refractivity contribution in [2.45, 2.75) is 12.8 Å². The van der Waals surface area contributed by atoms with Crippen LogP contribution >= 0.6 is 0 Å². The summed E-state index contributed by atoms with van der Waals surface area (Å²) >= 11 is 0. The van der Waals surface area contributed by atoms with Gasteiger partial charge in [-0.2, -0.15) is 10.4 Å². The topological polar surface area (TPSA) is 137 Å². The third-order valence-corrected chi connectivity index (χ3v) is 4.19. The molecule has 0 atom stereocenters. The molecule has 152 valence electrons. The van der Waals surface area contributed by atoms with Crippen LogP contribution in [-0.4, -0.2) is 41.1 Å². The molecule has 0 unspecified atom stereocenters. The minimum Gasteiger partial charge on any atom is -0.456 e. The van der Waals surface area contributed by atoms with Crippen LogP contribution in [0.25, 0.3) is 10.9 Å². The molecule has 0 radical (unpaired) electrons. The van der Waals surface area contributed by atoms with Crippen LogP contribution in [0.3, 0.4) is 0 Å². The Morgan fingerprint density at radius 3 is 2.63 bits per heavy atom. The fourth-order valence-electron chi connectivity index (χ4n) is 2.71. The van der Waals surface area contributed by atoms with E-state index in [1.54, 1.807) is 36.4 Å². The smallest absolute Gasteiger partial charge is 0.308 e. The first-order valence-corrected chi connectivity index (χ1v) is 9.19. The minimum atomic E-state index is -0.610. The third kappa shape index (κ3) is 5.42. The van der Waals surface area contributed by atoms with E-state index in [2.05, 4.69) is 20.8 Å². The molecule has 0 spiro atoms. The quantitative estimate of drug-likeness (QED) is 0.490. The summed E-state index contributed by atoms with van der Waals surface area (Å²) in [7, 11) is 0. The predicted molar refractivity (Wildman–Crippen MR) is 108 cm³/mol. The molecule has 3 aromatic rings. The fourth-order valence-corrected chi connectivity index (χ4v) is 2.71. The van der Waals surface area contributed by atoms with Crippen LogP contribution in [0.15, 0.2) is 48.5 Å². The van der Waals surface area contributed by atoms with Crippen molar-refractivity contribution in [1.29, 1.82) is 5.26 Å². The highest BCUT2D eigenvalue weighted by molar-refractivity contribution is 6.04. The van der Waals surface area contributed by atoms with Gasteiger partial charge in [0.25, 0.3) is 11.8 Å². The van der Waals surface area contributed by atoms with Crippen LogP contribution < -0.4 is 10.6 Å². The van der Waals surface area contributed by atoms with Crippen LogP contribution in [0.4, 0.5) is 5.69 Å². The van der Waals surface area contributed by atoms with E-state index in [-0.39, 0.29) is 18.7 Å². The number of H-pyrrole nitrogens is 1. The lowest BCUT2D eigenvalue weighted by Crippen LogP contribution is -2.28. The van der Waals surface area contributed by atoms with Gasteiger partial charge in [-0.1, -0.05) is 30.3 Å². The second-order valence-electron chi connectivity index (χ2n) is 6.36. The molecule has 3 N–H and O–H groups in total. The van der Waals surface area contributed by atoms with E-state index < -0.39 is 24.4 Å². The van der Waals surface area contributed by atoms with Gasteiger partial charge in [-0.05, 0) is 23.8 Å². The van der Waals surface area contributed by atoms with Gasteiger partial charge in [0.15, 0.2) is 12.3 Å². The van der Waals surface area contributed by atoms with Gasteiger partial charge in [0.1, 0.15) is 0 Å². The standard InChI is InChI=1S/C21H19N5O4/c22-11-9-14-5-7-15(8-6-14)24-18(27)13-30-19(28)10-12-23-21(29)20-16-3-1-2-4-17(16)25-26-20/h1-8H,9-10,12-13H2,(H,23,29)(H,24,27)(H,25,26). The number of para-hydroxylation sites is 1. The molecule has 0 aliphatic carbocycles. The monoisotopic (exact) mass is 405 g/mol. The number of fused-ring (bicyclic) bond motifs is 1. The van der Waals surface area contributed by atoms with Gasteiger partial charge in [-0.15, -0.1) is 0 Å². The van der Waals surface area contributed by atoms with E-state index in [1.165, 1.54) is 0 Å². The van der Waals surface area contributed by atoms with E-state index in [0.717, 1.165) is 11.1 Å². The second-order valence-corrected chi connectivity index (χ2v) is 6.36. The number of benzene rings is 2. The average Bonchev–Trinajstić information content (AvgIpc) is 3.18. The normalized spacial score (nSPS) is 10.2. The fraction of sp³-hybridized carbons (Fsp3) is 0.190. The number of hydrogen-bond donors (Lipinski definition) is 3. The summed E-state index contributed by atoms with van der Waals surface area (Å²) in [6, 6.07) is 16.1. The number of hydrogen-bond acceptors (Lipinski definition) is 6. The molecule has 0 aliphatic rings. The van der Waals surface area contributed by atoms with Gasteiger partial charge in [0.2, 0.25) is 0 Å². The number of ether oxygens (including phenoxy) is 1. The predicted octanol–water partition coefficient (Wildman–Crippen LogP) is 1.93. The lowest BCUT2D eigenvalue weighted by Gasteiger charge is -2.07. The van der Waals surface area contributed by atoms with Crippen molar-refractivity contribution in [2.75, 3.05) is 18.5 Å². The van der Waals surface area contributed by atoms with Crippen molar-refractivity contribution in [3.05, 3.63) is 59.8 Å². The van der Waals surface area contributed by atoms with Crippen molar-refractivity contribution < 1.29 is 19.1 Å². The summed E-state index contributed by atoms with van der Waals surface area (Å²) in [5, 5.41) is 21.3. The van der Waals surface area contributed by atoms with Crippen LogP contribution in [0.2, 0.25) is 0 Å². The van der Waals surface area contributed by atoms with Crippen molar-refractivity contribution in [1.82, 2.24) is 15.5 Å². The molecule has 9 nitrogen and oxygen atoms in total. The first-order chi connectivity index (χ1) is 14.6. The summed E-state index contributed by atoms with van der Waals surface area (Å²) in [6.45, 7) is -0.377. The van der Waals surface area contributed by atoms with Crippen molar-refractivity contribution >= 4 is 34.4 Å². The van der Waals surface area contributed by atoms with Crippen molar-refractivity contribution in [2.24, 2.45) is 0 Å². The number of carbonyl (C=O) groups excluding carboxylic acids is 3. The minimum absolute atomic E-state index is 0.0564. The highest BCUT2D eigenvalue weighted by atomic mass is 16.5. The number of nitrogens with one attached hydrogen (secondary N) is 3. The molecular formula is C21H19N5O4. The van der Waals surface area contributed by atoms with E-state index in [1.807, 2.05) is 18.2 Å². The molecule has 9 heteroatoms. The summed E-state index contributed by atoms with van der Waals surface area (Å²) in [5.41, 5.74) is 2.37. The molecular weight excluding hydrogens is 386 g/mol. The van der Waals surface area contributed by atoms with Gasteiger partial charge in [-0.3, -0.25) is 19.5 Å². The van der Waals surface area contributed by atoms with E-state index in [4.69, 9.17) is 10.00 Å². The Morgan fingerprint density at radius 2 is 1.87 bits per heavy atom. The average molecular weight is 405 g/mol. The van der Waals surface area contributed by atoms with E-state index >= 15 is 0 Å². The SMILES string of the molecule is N#CCc1ccc(NC(=O)COC(=O)CCNC(=O)c2n[nH]c3ccccc23)cc1. The van der Waals surface area contributed by atoms with Crippen LogP contribution in [0, 0.1) is 11.3 Å². The number of nitrogens with zero attached hydrogens (tertiary/aromatic N) is 2. The molecule has 2 aromatic carbocycles. The number of nitriles is 1. The molecule has 30 heavy (non-hydrogen) atoms. The number of esters is 1. The number of anilines is 1. The van der Waals surface area contributed by atoms with Crippen LogP contribution in [0.5, 0.6) is 0 Å². The zero-order chi connectivity index (χ0) is 21.3. The Hall–Kier alpha value is -4.19. The van der Waals surface area contributed by atoms with E-state index in [0.29, 0.717) is 17.5 Å².